The Balaban J connectivity index is 1.26. The van der Waals surface area contributed by atoms with Gasteiger partial charge < -0.3 is 25.2 Å². The zero-order valence-corrected chi connectivity index (χ0v) is 18.9. The van der Waals surface area contributed by atoms with Gasteiger partial charge in [-0.2, -0.15) is 0 Å². The molecule has 3 N–H and O–H groups in total. The van der Waals surface area contributed by atoms with E-state index in [2.05, 4.69) is 30.6 Å². The highest BCUT2D eigenvalue weighted by Crippen LogP contribution is 2.30. The summed E-state index contributed by atoms with van der Waals surface area (Å²) < 4.78 is 11.3. The standard InChI is InChI=1S/C24H23ClN6O3/c25-20-10-16(5-7-22(20)33-12-17-3-1-2-8-26-17)29-23-19-9-15(4-6-21(19)27-14-28-23)30-24-31-18(11-32)13-34-24/h1-10,14,18-19,21,32H,11-13H2,(H,30,31)(H,27,28,29). The van der Waals surface area contributed by atoms with E-state index in [1.807, 2.05) is 48.6 Å². The van der Waals surface area contributed by atoms with Gasteiger partial charge in [0, 0.05) is 17.6 Å². The summed E-state index contributed by atoms with van der Waals surface area (Å²) in [6.07, 6.45) is 9.24. The fourth-order valence-corrected chi connectivity index (χ4v) is 3.92. The molecule has 3 unspecified atom stereocenters. The number of pyridine rings is 1. The van der Waals surface area contributed by atoms with Crippen LogP contribution in [0.5, 0.6) is 5.75 Å². The number of aromatic nitrogens is 1. The molecule has 1 aromatic carbocycles. The summed E-state index contributed by atoms with van der Waals surface area (Å²) in [7, 11) is 0. The molecule has 0 saturated heterocycles. The summed E-state index contributed by atoms with van der Waals surface area (Å²) in [6.45, 7) is 0.653. The highest BCUT2D eigenvalue weighted by atomic mass is 35.5. The van der Waals surface area contributed by atoms with E-state index in [-0.39, 0.29) is 24.6 Å². The Labute approximate surface area is 201 Å². The first-order valence-electron chi connectivity index (χ1n) is 10.8. The number of nitrogens with zero attached hydrogens (tertiary/aromatic N) is 4. The number of hydrogen-bond acceptors (Lipinski definition) is 9. The molecule has 34 heavy (non-hydrogen) atoms. The van der Waals surface area contributed by atoms with Crippen LogP contribution in [-0.4, -0.2) is 53.6 Å². The lowest BCUT2D eigenvalue weighted by atomic mass is 9.92. The molecule has 9 nitrogen and oxygen atoms in total. The van der Waals surface area contributed by atoms with Crippen LogP contribution in [0.15, 0.2) is 81.5 Å². The largest absolute Gasteiger partial charge is 0.486 e. The summed E-state index contributed by atoms with van der Waals surface area (Å²) >= 11 is 6.46. The predicted molar refractivity (Wildman–Crippen MR) is 131 cm³/mol. The fourth-order valence-electron chi connectivity index (χ4n) is 3.69. The first-order valence-corrected chi connectivity index (χ1v) is 11.2. The number of aliphatic hydroxyl groups is 1. The van der Waals surface area contributed by atoms with Crippen molar-refractivity contribution in [1.29, 1.82) is 0 Å². The highest BCUT2D eigenvalue weighted by molar-refractivity contribution is 6.32. The molecule has 2 aliphatic heterocycles. The topological polar surface area (TPSA) is 113 Å². The van der Waals surface area contributed by atoms with Crippen LogP contribution < -0.4 is 15.4 Å². The van der Waals surface area contributed by atoms with Crippen LogP contribution in [0.4, 0.5) is 5.69 Å². The number of fused-ring (bicyclic) bond motifs is 1. The molecular formula is C24H23ClN6O3. The van der Waals surface area contributed by atoms with E-state index >= 15 is 0 Å². The van der Waals surface area contributed by atoms with Crippen molar-refractivity contribution < 1.29 is 14.6 Å². The Morgan fingerprint density at radius 2 is 2.15 bits per heavy atom. The van der Waals surface area contributed by atoms with Crippen molar-refractivity contribution in [2.45, 2.75) is 18.7 Å². The maximum Gasteiger partial charge on any atom is 0.289 e. The molecule has 3 aliphatic rings. The number of hydrogen-bond donors (Lipinski definition) is 3. The number of benzene rings is 1. The Hall–Kier alpha value is -3.69. The lowest BCUT2D eigenvalue weighted by Crippen LogP contribution is -2.36. The Bertz CT molecular complexity index is 1190. The predicted octanol–water partition coefficient (Wildman–Crippen LogP) is 2.94. The van der Waals surface area contributed by atoms with Gasteiger partial charge in [0.2, 0.25) is 0 Å². The first kappa shape index (κ1) is 22.1. The van der Waals surface area contributed by atoms with Gasteiger partial charge in [0.05, 0.1) is 29.3 Å². The number of nitrogens with one attached hydrogen (secondary N) is 2. The van der Waals surface area contributed by atoms with Crippen molar-refractivity contribution in [3.05, 3.63) is 77.2 Å². The smallest absolute Gasteiger partial charge is 0.289 e. The van der Waals surface area contributed by atoms with E-state index in [9.17, 15) is 5.11 Å². The van der Waals surface area contributed by atoms with Gasteiger partial charge in [-0.15, -0.1) is 0 Å². The minimum absolute atomic E-state index is 0.0459. The van der Waals surface area contributed by atoms with Gasteiger partial charge >= 0.3 is 0 Å². The minimum Gasteiger partial charge on any atom is -0.486 e. The van der Waals surface area contributed by atoms with Crippen molar-refractivity contribution in [1.82, 2.24) is 10.3 Å². The Kier molecular flexibility index (Phi) is 6.55. The number of ether oxygens (including phenoxy) is 2. The molecular weight excluding hydrogens is 456 g/mol. The molecule has 0 bridgehead atoms. The van der Waals surface area contributed by atoms with Crippen LogP contribution in [0, 0.1) is 5.92 Å². The zero-order chi connectivity index (χ0) is 23.3. The molecule has 3 heterocycles. The van der Waals surface area contributed by atoms with E-state index in [4.69, 9.17) is 21.1 Å². The highest BCUT2D eigenvalue weighted by Gasteiger charge is 2.28. The molecule has 0 radical (unpaired) electrons. The Morgan fingerprint density at radius 1 is 1.21 bits per heavy atom. The molecule has 0 saturated carbocycles. The van der Waals surface area contributed by atoms with Crippen LogP contribution in [0.25, 0.3) is 0 Å². The van der Waals surface area contributed by atoms with Crippen molar-refractivity contribution in [2.24, 2.45) is 20.9 Å². The number of halogens is 1. The Morgan fingerprint density at radius 3 is 2.94 bits per heavy atom. The number of amidine groups is 2. The molecule has 1 aliphatic carbocycles. The fraction of sp³-hybridized carbons (Fsp3) is 0.250. The van der Waals surface area contributed by atoms with Crippen LogP contribution in [0.3, 0.4) is 0 Å². The summed E-state index contributed by atoms with van der Waals surface area (Å²) in [5.41, 5.74) is 2.43. The molecule has 5 rings (SSSR count). The van der Waals surface area contributed by atoms with E-state index in [0.717, 1.165) is 22.9 Å². The second kappa shape index (κ2) is 10.1. The lowest BCUT2D eigenvalue weighted by molar-refractivity contribution is 0.225. The van der Waals surface area contributed by atoms with Crippen molar-refractivity contribution in [2.75, 3.05) is 18.5 Å². The SMILES string of the molecule is OCC1COC(NC2=CC3C(Nc4ccc(OCc5ccccn5)c(Cl)c4)=NC=NC3C=C2)=N1. The van der Waals surface area contributed by atoms with E-state index < -0.39 is 0 Å². The average molecular weight is 479 g/mol. The van der Waals surface area contributed by atoms with E-state index in [1.165, 1.54) is 0 Å². The van der Waals surface area contributed by atoms with Crippen molar-refractivity contribution >= 4 is 35.5 Å². The minimum atomic E-state index is -0.234. The van der Waals surface area contributed by atoms with Crippen LogP contribution in [0.1, 0.15) is 5.69 Å². The van der Waals surface area contributed by atoms with Crippen LogP contribution in [-0.2, 0) is 11.3 Å². The number of aliphatic imine (C=N–C) groups is 3. The normalized spacial score (nSPS) is 22.8. The van der Waals surface area contributed by atoms with Gasteiger partial charge in [0.1, 0.15) is 37.2 Å². The molecule has 0 amide bonds. The molecule has 0 spiro atoms. The summed E-state index contributed by atoms with van der Waals surface area (Å²) in [6, 6.07) is 11.3. The molecule has 1 aromatic heterocycles. The number of allylic oxidation sites excluding steroid dienone is 1. The third-order valence-corrected chi connectivity index (χ3v) is 5.73. The van der Waals surface area contributed by atoms with Gasteiger partial charge in [-0.1, -0.05) is 23.7 Å². The maximum atomic E-state index is 9.23. The van der Waals surface area contributed by atoms with E-state index in [1.54, 1.807) is 18.6 Å². The summed E-state index contributed by atoms with van der Waals surface area (Å²) in [5, 5.41) is 16.2. The second-order valence-electron chi connectivity index (χ2n) is 7.86. The van der Waals surface area contributed by atoms with Gasteiger partial charge in [0.15, 0.2) is 0 Å². The van der Waals surface area contributed by atoms with Crippen molar-refractivity contribution in [3.8, 4) is 5.75 Å². The molecule has 2 aromatic rings. The summed E-state index contributed by atoms with van der Waals surface area (Å²) in [5.74, 6) is 1.21. The summed E-state index contributed by atoms with van der Waals surface area (Å²) in [4.78, 5) is 17.5. The third kappa shape index (κ3) is 5.11. The van der Waals surface area contributed by atoms with E-state index in [0.29, 0.717) is 30.0 Å². The molecule has 0 fully saturated rings. The number of anilines is 1. The second-order valence-corrected chi connectivity index (χ2v) is 8.27. The van der Waals surface area contributed by atoms with Gasteiger partial charge in [0.25, 0.3) is 6.02 Å². The monoisotopic (exact) mass is 478 g/mol. The average Bonchev–Trinajstić information content (AvgIpc) is 3.32. The van der Waals surface area contributed by atoms with Crippen LogP contribution >= 0.6 is 11.6 Å². The van der Waals surface area contributed by atoms with Gasteiger partial charge in [-0.05, 0) is 42.5 Å². The quantitative estimate of drug-likeness (QED) is 0.588. The van der Waals surface area contributed by atoms with Crippen molar-refractivity contribution in [3.63, 3.8) is 0 Å². The third-order valence-electron chi connectivity index (χ3n) is 5.43. The first-order chi connectivity index (χ1) is 16.7. The molecule has 10 heteroatoms. The zero-order valence-electron chi connectivity index (χ0n) is 18.1. The van der Waals surface area contributed by atoms with Crippen LogP contribution in [0.2, 0.25) is 5.02 Å². The number of aliphatic hydroxyl groups excluding tert-OH is 1. The van der Waals surface area contributed by atoms with Gasteiger partial charge in [-0.3, -0.25) is 9.98 Å². The maximum absolute atomic E-state index is 9.23. The van der Waals surface area contributed by atoms with Gasteiger partial charge in [-0.25, -0.2) is 9.98 Å². The molecule has 174 valence electrons. The molecule has 3 atom stereocenters. The lowest BCUT2D eigenvalue weighted by Gasteiger charge is -2.27. The number of rotatable bonds is 6.